The largest absolute Gasteiger partial charge is 0.347 e. The maximum absolute atomic E-state index is 12.3. The Morgan fingerprint density at radius 3 is 2.87 bits per heavy atom. The van der Waals surface area contributed by atoms with Crippen LogP contribution in [0.1, 0.15) is 20.9 Å². The second-order valence-electron chi connectivity index (χ2n) is 4.81. The summed E-state index contributed by atoms with van der Waals surface area (Å²) in [5.74, 6) is -0.247. The molecule has 7 heteroatoms. The molecule has 23 heavy (non-hydrogen) atoms. The van der Waals surface area contributed by atoms with Gasteiger partial charge in [-0.15, -0.1) is 22.7 Å². The van der Waals surface area contributed by atoms with Gasteiger partial charge in [0.2, 0.25) is 0 Å². The Kier molecular flexibility index (Phi) is 5.02. The monoisotopic (exact) mass is 382 g/mol. The third kappa shape index (κ3) is 3.75. The highest BCUT2D eigenvalue weighted by Gasteiger charge is 2.14. The van der Waals surface area contributed by atoms with E-state index in [-0.39, 0.29) is 5.91 Å². The molecule has 0 saturated carbocycles. The first kappa shape index (κ1) is 16.5. The Morgan fingerprint density at radius 1 is 1.30 bits per heavy atom. The highest BCUT2D eigenvalue weighted by Crippen LogP contribution is 2.31. The highest BCUT2D eigenvalue weighted by atomic mass is 35.5. The fourth-order valence-corrected chi connectivity index (χ4v) is 4.20. The smallest absolute Gasteiger partial charge is 0.253 e. The third-order valence-electron chi connectivity index (χ3n) is 3.21. The van der Waals surface area contributed by atoms with Gasteiger partial charge in [0.05, 0.1) is 27.7 Å². The topological polar surface area (TPSA) is 42.0 Å². The van der Waals surface area contributed by atoms with Gasteiger partial charge in [-0.2, -0.15) is 0 Å². The van der Waals surface area contributed by atoms with E-state index in [1.54, 1.807) is 40.9 Å². The Bertz CT molecular complexity index is 844. The van der Waals surface area contributed by atoms with Gasteiger partial charge in [0, 0.05) is 9.90 Å². The van der Waals surface area contributed by atoms with Crippen LogP contribution in [0.3, 0.4) is 0 Å². The zero-order valence-corrected chi connectivity index (χ0v) is 15.2. The standard InChI is InChI=1S/C16H12Cl2N2OS2/c1-9-14(23-16(20-9)13-3-2-6-22-13)8-19-15(21)11-7-10(17)4-5-12(11)18/h2-7H,8H2,1H3,(H,19,21). The molecule has 3 rings (SSSR count). The summed E-state index contributed by atoms with van der Waals surface area (Å²) in [6.45, 7) is 2.36. The van der Waals surface area contributed by atoms with Crippen molar-refractivity contribution in [2.45, 2.75) is 13.5 Å². The van der Waals surface area contributed by atoms with Crippen molar-refractivity contribution in [3.8, 4) is 9.88 Å². The lowest BCUT2D eigenvalue weighted by Crippen LogP contribution is -2.23. The molecule has 1 amide bonds. The number of hydrogen-bond donors (Lipinski definition) is 1. The number of nitrogens with one attached hydrogen (secondary N) is 1. The van der Waals surface area contributed by atoms with E-state index in [2.05, 4.69) is 10.3 Å². The molecule has 0 spiro atoms. The van der Waals surface area contributed by atoms with E-state index in [1.165, 1.54) is 0 Å². The van der Waals surface area contributed by atoms with Gasteiger partial charge in [-0.3, -0.25) is 4.79 Å². The van der Waals surface area contributed by atoms with Gasteiger partial charge < -0.3 is 5.32 Å². The van der Waals surface area contributed by atoms with Crippen molar-refractivity contribution in [3.05, 3.63) is 61.9 Å². The van der Waals surface area contributed by atoms with Gasteiger partial charge in [-0.05, 0) is 36.6 Å². The number of aryl methyl sites for hydroxylation is 1. The van der Waals surface area contributed by atoms with Gasteiger partial charge in [0.25, 0.3) is 5.91 Å². The predicted octanol–water partition coefficient (Wildman–Crippen LogP) is 5.42. The van der Waals surface area contributed by atoms with E-state index < -0.39 is 0 Å². The van der Waals surface area contributed by atoms with Crippen molar-refractivity contribution in [3.63, 3.8) is 0 Å². The average molecular weight is 383 g/mol. The number of hydrogen-bond acceptors (Lipinski definition) is 4. The van der Waals surface area contributed by atoms with Crippen LogP contribution in [-0.4, -0.2) is 10.9 Å². The zero-order valence-electron chi connectivity index (χ0n) is 12.1. The molecular weight excluding hydrogens is 371 g/mol. The van der Waals surface area contributed by atoms with Crippen LogP contribution >= 0.6 is 45.9 Å². The summed E-state index contributed by atoms with van der Waals surface area (Å²) in [5.41, 5.74) is 1.30. The van der Waals surface area contributed by atoms with Gasteiger partial charge in [-0.1, -0.05) is 29.3 Å². The van der Waals surface area contributed by atoms with Gasteiger partial charge in [0.15, 0.2) is 0 Å². The number of carbonyl (C=O) groups excluding carboxylic acids is 1. The van der Waals surface area contributed by atoms with E-state index in [4.69, 9.17) is 23.2 Å². The first-order chi connectivity index (χ1) is 11.0. The van der Waals surface area contributed by atoms with Crippen LogP contribution in [0.2, 0.25) is 10.0 Å². The van der Waals surface area contributed by atoms with Crippen molar-refractivity contribution in [1.29, 1.82) is 0 Å². The molecule has 1 N–H and O–H groups in total. The number of rotatable bonds is 4. The van der Waals surface area contributed by atoms with Gasteiger partial charge in [-0.25, -0.2) is 4.98 Å². The minimum atomic E-state index is -0.247. The molecule has 0 aliphatic rings. The summed E-state index contributed by atoms with van der Waals surface area (Å²) in [7, 11) is 0. The molecule has 0 aliphatic heterocycles. The number of amides is 1. The van der Waals surface area contributed by atoms with Crippen LogP contribution in [0.5, 0.6) is 0 Å². The lowest BCUT2D eigenvalue weighted by atomic mass is 10.2. The Balaban J connectivity index is 1.73. The highest BCUT2D eigenvalue weighted by molar-refractivity contribution is 7.21. The molecule has 3 nitrogen and oxygen atoms in total. The number of thiazole rings is 1. The molecule has 0 unspecified atom stereocenters. The van der Waals surface area contributed by atoms with E-state index in [9.17, 15) is 4.79 Å². The van der Waals surface area contributed by atoms with E-state index in [0.29, 0.717) is 22.2 Å². The lowest BCUT2D eigenvalue weighted by Gasteiger charge is -2.06. The van der Waals surface area contributed by atoms with Crippen LogP contribution < -0.4 is 5.32 Å². The van der Waals surface area contributed by atoms with Gasteiger partial charge in [0.1, 0.15) is 5.01 Å². The van der Waals surface area contributed by atoms with Crippen LogP contribution in [-0.2, 0) is 6.54 Å². The molecule has 0 atom stereocenters. The van der Waals surface area contributed by atoms with Crippen molar-refractivity contribution < 1.29 is 4.79 Å². The minimum Gasteiger partial charge on any atom is -0.347 e. The number of carbonyl (C=O) groups is 1. The third-order valence-corrected chi connectivity index (χ3v) is 5.97. The molecule has 3 aromatic rings. The Labute approximate surface area is 151 Å². The number of nitrogens with zero attached hydrogens (tertiary/aromatic N) is 1. The normalized spacial score (nSPS) is 10.7. The van der Waals surface area contributed by atoms with E-state index in [0.717, 1.165) is 20.5 Å². The molecule has 2 aromatic heterocycles. The molecular formula is C16H12Cl2N2OS2. The van der Waals surface area contributed by atoms with Crippen LogP contribution in [0, 0.1) is 6.92 Å². The van der Waals surface area contributed by atoms with E-state index >= 15 is 0 Å². The van der Waals surface area contributed by atoms with Crippen LogP contribution in [0.15, 0.2) is 35.7 Å². The second-order valence-corrected chi connectivity index (χ2v) is 7.69. The summed E-state index contributed by atoms with van der Waals surface area (Å²) in [5, 5.41) is 6.73. The SMILES string of the molecule is Cc1nc(-c2cccs2)sc1CNC(=O)c1cc(Cl)ccc1Cl. The Hall–Kier alpha value is -1.40. The molecule has 1 aromatic carbocycles. The minimum absolute atomic E-state index is 0.247. The van der Waals surface area contributed by atoms with Crippen molar-refractivity contribution in [1.82, 2.24) is 10.3 Å². The first-order valence-corrected chi connectivity index (χ1v) is 9.23. The predicted molar refractivity (Wildman–Crippen MR) is 97.8 cm³/mol. The summed E-state index contributed by atoms with van der Waals surface area (Å²) in [6, 6.07) is 8.87. The number of halogens is 2. The fourth-order valence-electron chi connectivity index (χ4n) is 2.02. The quantitative estimate of drug-likeness (QED) is 0.654. The molecule has 0 aliphatic carbocycles. The summed E-state index contributed by atoms with van der Waals surface area (Å²) in [4.78, 5) is 19.0. The molecule has 0 bridgehead atoms. The summed E-state index contributed by atoms with van der Waals surface area (Å²) >= 11 is 15.2. The number of aromatic nitrogens is 1. The van der Waals surface area contributed by atoms with Crippen LogP contribution in [0.25, 0.3) is 9.88 Å². The maximum atomic E-state index is 12.3. The van der Waals surface area contributed by atoms with Crippen molar-refractivity contribution in [2.24, 2.45) is 0 Å². The Morgan fingerprint density at radius 2 is 2.13 bits per heavy atom. The van der Waals surface area contributed by atoms with Crippen LogP contribution in [0.4, 0.5) is 0 Å². The summed E-state index contributed by atoms with van der Waals surface area (Å²) in [6.07, 6.45) is 0. The second kappa shape index (κ2) is 7.01. The zero-order chi connectivity index (χ0) is 16.4. The average Bonchev–Trinajstić information content (AvgIpc) is 3.17. The van der Waals surface area contributed by atoms with E-state index in [1.807, 2.05) is 24.4 Å². The molecule has 2 heterocycles. The number of thiophene rings is 1. The van der Waals surface area contributed by atoms with Crippen molar-refractivity contribution in [2.75, 3.05) is 0 Å². The molecule has 118 valence electrons. The van der Waals surface area contributed by atoms with Crippen molar-refractivity contribution >= 4 is 51.8 Å². The first-order valence-electron chi connectivity index (χ1n) is 6.78. The molecule has 0 saturated heterocycles. The summed E-state index contributed by atoms with van der Waals surface area (Å²) < 4.78 is 0. The molecule has 0 radical (unpaired) electrons. The number of benzene rings is 1. The lowest BCUT2D eigenvalue weighted by molar-refractivity contribution is 0.0951. The van der Waals surface area contributed by atoms with Gasteiger partial charge >= 0.3 is 0 Å². The fraction of sp³-hybridized carbons (Fsp3) is 0.125. The maximum Gasteiger partial charge on any atom is 0.253 e. The molecule has 0 fully saturated rings.